The van der Waals surface area contributed by atoms with E-state index >= 15 is 0 Å². The zero-order valence-corrected chi connectivity index (χ0v) is 24.2. The van der Waals surface area contributed by atoms with Gasteiger partial charge in [0.1, 0.15) is 6.17 Å². The molecule has 224 valence electrons. The maximum Gasteiger partial charge on any atom is 0.558 e. The van der Waals surface area contributed by atoms with Gasteiger partial charge >= 0.3 is 19.8 Å². The van der Waals surface area contributed by atoms with E-state index in [9.17, 15) is 43.2 Å². The summed E-state index contributed by atoms with van der Waals surface area (Å²) in [7, 11) is -10.7. The summed E-state index contributed by atoms with van der Waals surface area (Å²) >= 11 is 0. The molecule has 1 rings (SSSR count). The van der Waals surface area contributed by atoms with Crippen LogP contribution in [0.3, 0.4) is 0 Å². The lowest BCUT2D eigenvalue weighted by atomic mass is 10.1. The van der Waals surface area contributed by atoms with Crippen molar-refractivity contribution < 1.29 is 60.9 Å². The number of quaternary nitrogens is 1. The second-order valence-corrected chi connectivity index (χ2v) is 15.0. The quantitative estimate of drug-likeness (QED) is 0.120. The number of sulfonamides is 2. The van der Waals surface area contributed by atoms with Gasteiger partial charge in [-0.3, -0.25) is 0 Å². The van der Waals surface area contributed by atoms with Crippen LogP contribution in [0.2, 0.25) is 0 Å². The van der Waals surface area contributed by atoms with Gasteiger partial charge in [0.05, 0.1) is 19.6 Å². The molecule has 0 unspecified atom stereocenters. The molecule has 1 aliphatic rings. The van der Waals surface area contributed by atoms with E-state index in [2.05, 4.69) is 6.92 Å². The molecular weight excluding hydrogens is 574 g/mol. The Bertz CT molecular complexity index is 811. The molecule has 0 N–H and O–H groups in total. The Kier molecular flexibility index (Phi) is 15.1. The van der Waals surface area contributed by atoms with Gasteiger partial charge in [0.25, 0.3) is 0 Å². The number of piperidine rings is 1. The lowest BCUT2D eigenvalue weighted by molar-refractivity contribution is -0.925. The van der Waals surface area contributed by atoms with E-state index in [1.165, 1.54) is 77.4 Å². The number of hydrogen-bond donors (Lipinski definition) is 0. The average Bonchev–Trinajstić information content (AvgIpc) is 2.79. The van der Waals surface area contributed by atoms with Gasteiger partial charge in [0.2, 0.25) is 0 Å². The molecule has 0 aromatic carbocycles. The normalized spacial score (nSPS) is 17.2. The van der Waals surface area contributed by atoms with Gasteiger partial charge in [-0.25, -0.2) is 16.8 Å². The Labute approximate surface area is 216 Å². The smallest absolute Gasteiger partial charge is 0.421 e. The zero-order chi connectivity index (χ0) is 29.0. The molecule has 1 aliphatic heterocycles. The third-order valence-electron chi connectivity index (χ3n) is 5.99. The molecule has 18 heteroatoms. The molecule has 1 heterocycles. The molecule has 9 nitrogen and oxygen atoms in total. The lowest BCUT2D eigenvalue weighted by Gasteiger charge is -2.44. The first-order chi connectivity index (χ1) is 16.9. The van der Waals surface area contributed by atoms with Crippen LogP contribution in [0.4, 0.5) is 26.3 Å². The molecule has 0 amide bonds. The molecular formula is C19H38F6N2O7S2Si. The largest absolute Gasteiger partial charge is 0.558 e. The summed E-state index contributed by atoms with van der Waals surface area (Å²) in [5.41, 5.74) is -12.4. The summed E-state index contributed by atoms with van der Waals surface area (Å²) in [5, 5.41) is 0. The van der Waals surface area contributed by atoms with Crippen LogP contribution in [0.15, 0.2) is 0 Å². The first-order valence-electron chi connectivity index (χ1n) is 11.7. The maximum atomic E-state index is 11.4. The lowest BCUT2D eigenvalue weighted by Crippen LogP contribution is -2.64. The SMILES string of the molecule is CCCCCCCC[N+]1(C[Si](OC)(OC)OC)CCCCC1.O=S(=O)([N-]S(=O)(=O)C(F)(F)F)C(F)(F)F. The van der Waals surface area contributed by atoms with Gasteiger partial charge in [-0.15, -0.1) is 0 Å². The standard InChI is InChI=1S/C17H38NO3Si.C2F6NO4S2/c1-5-6-7-8-9-11-14-18(15-12-10-13-16-18)17-22(19-2,20-3)21-4;3-1(4,5)14(10,11)9-15(12,13)2(6,7)8/h5-17H2,1-4H3;/q+1;-1. The van der Waals surface area contributed by atoms with E-state index in [1.54, 1.807) is 21.3 Å². The molecule has 37 heavy (non-hydrogen) atoms. The Morgan fingerprint density at radius 3 is 1.51 bits per heavy atom. The van der Waals surface area contributed by atoms with Crippen LogP contribution in [-0.4, -0.2) is 88.3 Å². The maximum absolute atomic E-state index is 11.4. The number of alkyl halides is 6. The van der Waals surface area contributed by atoms with Crippen molar-refractivity contribution >= 4 is 28.9 Å². The van der Waals surface area contributed by atoms with Gasteiger partial charge in [-0.1, -0.05) is 32.6 Å². The number of halogens is 6. The van der Waals surface area contributed by atoms with Crippen LogP contribution >= 0.6 is 0 Å². The van der Waals surface area contributed by atoms with Gasteiger partial charge in [-0.2, -0.15) is 26.3 Å². The first-order valence-corrected chi connectivity index (χ1v) is 16.5. The molecule has 0 atom stereocenters. The topological polar surface area (TPSA) is 110 Å². The van der Waals surface area contributed by atoms with Crippen LogP contribution in [0.1, 0.15) is 64.7 Å². The first kappa shape index (κ1) is 36.5. The summed E-state index contributed by atoms with van der Waals surface area (Å²) in [6.45, 7) is 6.06. The monoisotopic (exact) mass is 612 g/mol. The molecule has 1 fully saturated rings. The fourth-order valence-corrected chi connectivity index (χ4v) is 7.83. The number of unbranched alkanes of at least 4 members (excludes halogenated alkanes) is 5. The second-order valence-electron chi connectivity index (χ2n) is 8.71. The predicted molar refractivity (Wildman–Crippen MR) is 127 cm³/mol. The second kappa shape index (κ2) is 15.3. The van der Waals surface area contributed by atoms with Crippen molar-refractivity contribution in [3.63, 3.8) is 0 Å². The summed E-state index contributed by atoms with van der Waals surface area (Å²) < 4.78 is 127. The third kappa shape index (κ3) is 12.0. The number of nitrogens with zero attached hydrogens (tertiary/aromatic N) is 2. The van der Waals surface area contributed by atoms with Crippen molar-refractivity contribution in [3.05, 3.63) is 4.13 Å². The summed E-state index contributed by atoms with van der Waals surface area (Å²) in [4.78, 5) is 0. The minimum absolute atomic E-state index is 0.778. The van der Waals surface area contributed by atoms with E-state index in [0.29, 0.717) is 0 Å². The van der Waals surface area contributed by atoms with Crippen molar-refractivity contribution in [1.29, 1.82) is 0 Å². The van der Waals surface area contributed by atoms with Crippen LogP contribution < -0.4 is 0 Å². The number of hydrogen-bond acceptors (Lipinski definition) is 7. The minimum atomic E-state index is -6.72. The fourth-order valence-electron chi connectivity index (χ4n) is 3.94. The predicted octanol–water partition coefficient (Wildman–Crippen LogP) is 4.82. The van der Waals surface area contributed by atoms with Crippen molar-refractivity contribution in [2.24, 2.45) is 0 Å². The molecule has 0 radical (unpaired) electrons. The van der Waals surface area contributed by atoms with Gasteiger partial charge in [-0.05, 0) is 32.1 Å². The highest BCUT2D eigenvalue weighted by Gasteiger charge is 2.49. The summed E-state index contributed by atoms with van der Waals surface area (Å²) in [5.74, 6) is 0. The molecule has 0 bridgehead atoms. The van der Waals surface area contributed by atoms with E-state index in [1.807, 2.05) is 0 Å². The Balaban J connectivity index is 0.000000757. The van der Waals surface area contributed by atoms with Crippen molar-refractivity contribution in [1.82, 2.24) is 0 Å². The molecule has 0 spiro atoms. The molecule has 0 aliphatic carbocycles. The Hall–Kier alpha value is -0.503. The van der Waals surface area contributed by atoms with Crippen LogP contribution in [0.25, 0.3) is 4.13 Å². The molecule has 0 aromatic heterocycles. The zero-order valence-electron chi connectivity index (χ0n) is 21.5. The van der Waals surface area contributed by atoms with E-state index < -0.39 is 39.9 Å². The minimum Gasteiger partial charge on any atom is -0.421 e. The van der Waals surface area contributed by atoms with E-state index in [-0.39, 0.29) is 0 Å². The highest BCUT2D eigenvalue weighted by atomic mass is 32.3. The summed E-state index contributed by atoms with van der Waals surface area (Å²) in [6, 6.07) is 0. The van der Waals surface area contributed by atoms with E-state index in [4.69, 9.17) is 13.3 Å². The molecule has 1 saturated heterocycles. The average molecular weight is 613 g/mol. The third-order valence-corrected chi connectivity index (χ3v) is 11.7. The van der Waals surface area contributed by atoms with Gasteiger partial charge < -0.3 is 21.9 Å². The van der Waals surface area contributed by atoms with Gasteiger partial charge in [0.15, 0.2) is 20.0 Å². The Morgan fingerprint density at radius 1 is 0.730 bits per heavy atom. The number of likely N-dealkylation sites (tertiary alicyclic amines) is 1. The summed E-state index contributed by atoms with van der Waals surface area (Å²) in [6.07, 6.45) is 13.1. The number of rotatable bonds is 14. The Morgan fingerprint density at radius 2 is 1.14 bits per heavy atom. The molecule has 0 saturated carbocycles. The van der Waals surface area contributed by atoms with Crippen LogP contribution in [0.5, 0.6) is 0 Å². The van der Waals surface area contributed by atoms with Crippen LogP contribution in [-0.2, 0) is 33.3 Å². The van der Waals surface area contributed by atoms with Crippen molar-refractivity contribution in [2.45, 2.75) is 75.7 Å². The fraction of sp³-hybridized carbons (Fsp3) is 1.00. The highest BCUT2D eigenvalue weighted by Crippen LogP contribution is 2.36. The highest BCUT2D eigenvalue weighted by molar-refractivity contribution is 8.13. The van der Waals surface area contributed by atoms with Gasteiger partial charge in [0, 0.05) is 21.3 Å². The molecule has 0 aromatic rings. The van der Waals surface area contributed by atoms with Crippen molar-refractivity contribution in [3.8, 4) is 0 Å². The van der Waals surface area contributed by atoms with Crippen molar-refractivity contribution in [2.75, 3.05) is 47.1 Å². The van der Waals surface area contributed by atoms with Crippen LogP contribution in [0, 0.1) is 0 Å². The van der Waals surface area contributed by atoms with E-state index in [0.717, 1.165) is 14.8 Å².